The van der Waals surface area contributed by atoms with Crippen molar-refractivity contribution in [3.05, 3.63) is 58.3 Å². The Hall–Kier alpha value is -1.87. The summed E-state index contributed by atoms with van der Waals surface area (Å²) in [5, 5.41) is 3.13. The van der Waals surface area contributed by atoms with E-state index in [1.54, 1.807) is 0 Å². The zero-order valence-corrected chi connectivity index (χ0v) is 16.2. The van der Waals surface area contributed by atoms with Gasteiger partial charge in [-0.1, -0.05) is 23.2 Å². The Morgan fingerprint density at radius 1 is 1.08 bits per heavy atom. The predicted molar refractivity (Wildman–Crippen MR) is 101 cm³/mol. The Labute approximate surface area is 161 Å². The lowest BCUT2D eigenvalue weighted by atomic mass is 10.3. The second-order valence-electron chi connectivity index (χ2n) is 5.45. The van der Waals surface area contributed by atoms with Crippen molar-refractivity contribution in [1.29, 1.82) is 0 Å². The van der Waals surface area contributed by atoms with Gasteiger partial charge in [-0.05, 0) is 42.5 Å². The van der Waals surface area contributed by atoms with Gasteiger partial charge >= 0.3 is 10.2 Å². The van der Waals surface area contributed by atoms with E-state index in [0.29, 0.717) is 10.7 Å². The van der Waals surface area contributed by atoms with Crippen LogP contribution in [0, 0.1) is 5.82 Å². The molecule has 2 aromatic rings. The smallest absolute Gasteiger partial charge is 0.304 e. The van der Waals surface area contributed by atoms with Gasteiger partial charge in [0.05, 0.1) is 15.7 Å². The largest absolute Gasteiger partial charge is 0.324 e. The molecule has 1 N–H and O–H groups in total. The minimum Gasteiger partial charge on any atom is -0.324 e. The molecule has 2 aromatic carbocycles. The number of amides is 1. The van der Waals surface area contributed by atoms with Crippen LogP contribution < -0.4 is 9.62 Å². The van der Waals surface area contributed by atoms with Crippen molar-refractivity contribution in [3.8, 4) is 0 Å². The van der Waals surface area contributed by atoms with Crippen LogP contribution in [-0.2, 0) is 15.0 Å². The summed E-state index contributed by atoms with van der Waals surface area (Å²) in [6.45, 7) is -0.508. The van der Waals surface area contributed by atoms with E-state index >= 15 is 0 Å². The first kappa shape index (κ1) is 20.4. The summed E-state index contributed by atoms with van der Waals surface area (Å²) in [5.41, 5.74) is 0.523. The average molecular weight is 420 g/mol. The third-order valence-corrected chi connectivity index (χ3v) is 5.90. The van der Waals surface area contributed by atoms with Crippen LogP contribution in [0.4, 0.5) is 15.8 Å². The molecular formula is C16H16Cl2FN3O3S. The van der Waals surface area contributed by atoms with Crippen molar-refractivity contribution in [2.75, 3.05) is 30.3 Å². The monoisotopic (exact) mass is 419 g/mol. The lowest BCUT2D eigenvalue weighted by Gasteiger charge is -2.26. The molecule has 0 saturated carbocycles. The van der Waals surface area contributed by atoms with Gasteiger partial charge in [0.2, 0.25) is 5.91 Å². The van der Waals surface area contributed by atoms with E-state index in [1.807, 2.05) is 0 Å². The molecule has 0 radical (unpaired) electrons. The van der Waals surface area contributed by atoms with Gasteiger partial charge in [0.25, 0.3) is 0 Å². The van der Waals surface area contributed by atoms with E-state index in [4.69, 9.17) is 23.2 Å². The third kappa shape index (κ3) is 4.85. The molecule has 10 heteroatoms. The molecule has 0 unspecified atom stereocenters. The van der Waals surface area contributed by atoms with Gasteiger partial charge in [0.15, 0.2) is 0 Å². The molecule has 0 aliphatic heterocycles. The fraction of sp³-hybridized carbons (Fsp3) is 0.188. The number of carbonyl (C=O) groups is 1. The Morgan fingerprint density at radius 2 is 1.69 bits per heavy atom. The lowest BCUT2D eigenvalue weighted by Crippen LogP contribution is -2.44. The van der Waals surface area contributed by atoms with E-state index in [-0.39, 0.29) is 10.7 Å². The summed E-state index contributed by atoms with van der Waals surface area (Å²) in [5.74, 6) is -1.12. The van der Waals surface area contributed by atoms with Crippen LogP contribution in [0.2, 0.25) is 10.0 Å². The Kier molecular flexibility index (Phi) is 6.46. The topological polar surface area (TPSA) is 69.7 Å². The first-order chi connectivity index (χ1) is 12.1. The Balaban J connectivity index is 2.27. The number of hydrogen-bond donors (Lipinski definition) is 1. The molecule has 0 heterocycles. The van der Waals surface area contributed by atoms with Crippen LogP contribution in [0.1, 0.15) is 0 Å². The highest BCUT2D eigenvalue weighted by atomic mass is 35.5. The number of halogens is 3. The van der Waals surface area contributed by atoms with Crippen LogP contribution >= 0.6 is 23.2 Å². The van der Waals surface area contributed by atoms with Crippen molar-refractivity contribution in [1.82, 2.24) is 4.31 Å². The van der Waals surface area contributed by atoms with Crippen LogP contribution in [0.15, 0.2) is 42.5 Å². The van der Waals surface area contributed by atoms with Gasteiger partial charge in [-0.15, -0.1) is 0 Å². The number of nitrogens with one attached hydrogen (secondary N) is 1. The fourth-order valence-electron chi connectivity index (χ4n) is 2.02. The predicted octanol–water partition coefficient (Wildman–Crippen LogP) is 3.38. The molecule has 1 amide bonds. The van der Waals surface area contributed by atoms with Gasteiger partial charge in [-0.2, -0.15) is 12.7 Å². The zero-order valence-electron chi connectivity index (χ0n) is 13.9. The molecule has 0 bridgehead atoms. The highest BCUT2D eigenvalue weighted by Crippen LogP contribution is 2.25. The number of nitrogens with zero attached hydrogens (tertiary/aromatic N) is 2. The van der Waals surface area contributed by atoms with Crippen molar-refractivity contribution >= 4 is 50.7 Å². The first-order valence-electron chi connectivity index (χ1n) is 7.32. The molecule has 26 heavy (non-hydrogen) atoms. The Bertz CT molecular complexity index is 905. The van der Waals surface area contributed by atoms with Crippen molar-refractivity contribution in [3.63, 3.8) is 0 Å². The molecule has 0 aromatic heterocycles. The minimum atomic E-state index is -3.97. The third-order valence-electron chi connectivity index (χ3n) is 3.35. The average Bonchev–Trinajstić information content (AvgIpc) is 2.57. The molecule has 2 rings (SSSR count). The van der Waals surface area contributed by atoms with Gasteiger partial charge in [0.1, 0.15) is 12.4 Å². The maximum absolute atomic E-state index is 13.1. The van der Waals surface area contributed by atoms with E-state index in [9.17, 15) is 17.6 Å². The highest BCUT2D eigenvalue weighted by Gasteiger charge is 2.27. The van der Waals surface area contributed by atoms with Gasteiger partial charge < -0.3 is 5.32 Å². The molecule has 140 valence electrons. The molecule has 0 aliphatic rings. The first-order valence-corrected chi connectivity index (χ1v) is 9.47. The standard InChI is InChI=1S/C16H16Cl2FN3O3S/c1-21(2)26(24,25)22(13-6-3-11(19)4-7-13)10-16(23)20-12-5-8-14(17)15(18)9-12/h3-9H,10H2,1-2H3,(H,20,23). The number of hydrogen-bond acceptors (Lipinski definition) is 3. The molecular weight excluding hydrogens is 404 g/mol. The van der Waals surface area contributed by atoms with E-state index < -0.39 is 28.5 Å². The van der Waals surface area contributed by atoms with Crippen LogP contribution in [0.3, 0.4) is 0 Å². The number of anilines is 2. The van der Waals surface area contributed by atoms with Crippen molar-refractivity contribution in [2.45, 2.75) is 0 Å². The molecule has 0 spiro atoms. The maximum atomic E-state index is 13.1. The summed E-state index contributed by atoms with van der Waals surface area (Å²) in [6.07, 6.45) is 0. The second kappa shape index (κ2) is 8.22. The minimum absolute atomic E-state index is 0.157. The fourth-order valence-corrected chi connectivity index (χ4v) is 3.38. The van der Waals surface area contributed by atoms with E-state index in [2.05, 4.69) is 5.32 Å². The summed E-state index contributed by atoms with van der Waals surface area (Å²) in [4.78, 5) is 12.3. The number of benzene rings is 2. The van der Waals surface area contributed by atoms with Crippen molar-refractivity contribution in [2.24, 2.45) is 0 Å². The van der Waals surface area contributed by atoms with Crippen molar-refractivity contribution < 1.29 is 17.6 Å². The molecule has 0 aliphatic carbocycles. The summed E-state index contributed by atoms with van der Waals surface area (Å²) < 4.78 is 40.1. The quantitative estimate of drug-likeness (QED) is 0.779. The maximum Gasteiger partial charge on any atom is 0.304 e. The zero-order chi connectivity index (χ0) is 19.5. The van der Waals surface area contributed by atoms with E-state index in [0.717, 1.165) is 20.7 Å². The summed E-state index contributed by atoms with van der Waals surface area (Å²) in [7, 11) is -1.30. The molecule has 6 nitrogen and oxygen atoms in total. The normalized spacial score (nSPS) is 11.5. The van der Waals surface area contributed by atoms with Crippen LogP contribution in [0.25, 0.3) is 0 Å². The Morgan fingerprint density at radius 3 is 2.23 bits per heavy atom. The van der Waals surface area contributed by atoms with Crippen LogP contribution in [0.5, 0.6) is 0 Å². The van der Waals surface area contributed by atoms with Gasteiger partial charge in [-0.25, -0.2) is 8.70 Å². The van der Waals surface area contributed by atoms with Crippen LogP contribution in [-0.4, -0.2) is 39.3 Å². The number of carbonyl (C=O) groups excluding carboxylic acids is 1. The van der Waals surface area contributed by atoms with Gasteiger partial charge in [0, 0.05) is 19.8 Å². The molecule has 0 fully saturated rings. The van der Waals surface area contributed by atoms with E-state index in [1.165, 1.54) is 44.4 Å². The molecule has 0 saturated heterocycles. The van der Waals surface area contributed by atoms with Gasteiger partial charge in [-0.3, -0.25) is 4.79 Å². The highest BCUT2D eigenvalue weighted by molar-refractivity contribution is 7.90. The molecule has 0 atom stereocenters. The SMILES string of the molecule is CN(C)S(=O)(=O)N(CC(=O)Nc1ccc(Cl)c(Cl)c1)c1ccc(F)cc1. The second-order valence-corrected chi connectivity index (χ2v) is 8.33. The summed E-state index contributed by atoms with van der Waals surface area (Å²) in [6, 6.07) is 9.29. The lowest BCUT2D eigenvalue weighted by molar-refractivity contribution is -0.114. The summed E-state index contributed by atoms with van der Waals surface area (Å²) >= 11 is 11.7. The number of rotatable bonds is 6.